The predicted molar refractivity (Wildman–Crippen MR) is 137 cm³/mol. The van der Waals surface area contributed by atoms with Gasteiger partial charge in [-0.25, -0.2) is 0 Å². The Bertz CT molecular complexity index is 1250. The van der Waals surface area contributed by atoms with Crippen LogP contribution in [0.1, 0.15) is 43.6 Å². The Morgan fingerprint density at radius 1 is 0.914 bits per heavy atom. The second-order valence-corrected chi connectivity index (χ2v) is 9.56. The Labute approximate surface area is 205 Å². The van der Waals surface area contributed by atoms with E-state index in [0.717, 1.165) is 5.56 Å². The van der Waals surface area contributed by atoms with Gasteiger partial charge in [-0.15, -0.1) is 0 Å². The molecule has 1 aliphatic heterocycles. The van der Waals surface area contributed by atoms with Crippen LogP contribution >= 0.6 is 0 Å². The van der Waals surface area contributed by atoms with Crippen LogP contribution in [0.2, 0.25) is 0 Å². The first-order valence-corrected chi connectivity index (χ1v) is 11.5. The summed E-state index contributed by atoms with van der Waals surface area (Å²) >= 11 is 0. The van der Waals surface area contributed by atoms with Crippen molar-refractivity contribution < 1.29 is 19.1 Å². The lowest BCUT2D eigenvalue weighted by Crippen LogP contribution is -2.47. The molecular formula is C28H29N3O4. The fourth-order valence-electron chi connectivity index (χ4n) is 3.84. The van der Waals surface area contributed by atoms with Gasteiger partial charge in [0.05, 0.1) is 5.69 Å². The van der Waals surface area contributed by atoms with E-state index < -0.39 is 6.10 Å². The minimum absolute atomic E-state index is 0.00651. The van der Waals surface area contributed by atoms with Crippen LogP contribution in [-0.4, -0.2) is 30.4 Å². The average molecular weight is 472 g/mol. The molecule has 1 atom stereocenters. The molecule has 0 saturated heterocycles. The number of anilines is 3. The summed E-state index contributed by atoms with van der Waals surface area (Å²) < 4.78 is 5.73. The molecule has 0 bridgehead atoms. The van der Waals surface area contributed by atoms with Crippen molar-refractivity contribution in [3.05, 3.63) is 83.9 Å². The fraction of sp³-hybridized carbons (Fsp3) is 0.250. The summed E-state index contributed by atoms with van der Waals surface area (Å²) in [6, 6.07) is 21.6. The summed E-state index contributed by atoms with van der Waals surface area (Å²) in [5.74, 6) is -0.465. The van der Waals surface area contributed by atoms with Crippen molar-refractivity contribution in [1.29, 1.82) is 0 Å². The highest BCUT2D eigenvalue weighted by molar-refractivity contribution is 6.08. The molecule has 0 spiro atoms. The number of carbonyl (C=O) groups excluding carboxylic acids is 3. The van der Waals surface area contributed by atoms with Crippen molar-refractivity contribution in [3.63, 3.8) is 0 Å². The van der Waals surface area contributed by atoms with Crippen LogP contribution in [0.15, 0.2) is 72.8 Å². The van der Waals surface area contributed by atoms with Gasteiger partial charge in [-0.2, -0.15) is 0 Å². The summed E-state index contributed by atoms with van der Waals surface area (Å²) in [5.41, 5.74) is 3.22. The van der Waals surface area contributed by atoms with Crippen molar-refractivity contribution in [2.75, 3.05) is 22.1 Å². The molecular weight excluding hydrogens is 442 g/mol. The van der Waals surface area contributed by atoms with Gasteiger partial charge in [0.25, 0.3) is 11.8 Å². The number of ether oxygens (including phenoxy) is 1. The van der Waals surface area contributed by atoms with Crippen molar-refractivity contribution in [3.8, 4) is 5.75 Å². The first-order valence-electron chi connectivity index (χ1n) is 11.5. The van der Waals surface area contributed by atoms with E-state index in [0.29, 0.717) is 28.4 Å². The van der Waals surface area contributed by atoms with E-state index in [1.54, 1.807) is 49.4 Å². The number of hydrogen-bond acceptors (Lipinski definition) is 4. The smallest absolute Gasteiger partial charge is 0.268 e. The van der Waals surface area contributed by atoms with Gasteiger partial charge in [-0.1, -0.05) is 51.1 Å². The van der Waals surface area contributed by atoms with Crippen LogP contribution in [0.4, 0.5) is 17.1 Å². The molecule has 0 aromatic heterocycles. The number of fused-ring (bicyclic) bond motifs is 1. The number of amides is 3. The molecule has 3 amide bonds. The number of para-hydroxylation sites is 1. The minimum Gasteiger partial charge on any atom is -0.479 e. The second kappa shape index (κ2) is 9.62. The van der Waals surface area contributed by atoms with Gasteiger partial charge in [0.2, 0.25) is 5.91 Å². The fourth-order valence-corrected chi connectivity index (χ4v) is 3.84. The third-order valence-corrected chi connectivity index (χ3v) is 5.80. The Balaban J connectivity index is 1.53. The average Bonchev–Trinajstić information content (AvgIpc) is 2.82. The topological polar surface area (TPSA) is 87.7 Å². The zero-order valence-electron chi connectivity index (χ0n) is 20.3. The van der Waals surface area contributed by atoms with Gasteiger partial charge in [-0.05, 0) is 60.4 Å². The lowest BCUT2D eigenvalue weighted by molar-refractivity contribution is -0.127. The van der Waals surface area contributed by atoms with E-state index in [1.807, 2.05) is 30.3 Å². The molecule has 180 valence electrons. The largest absolute Gasteiger partial charge is 0.479 e. The van der Waals surface area contributed by atoms with Gasteiger partial charge >= 0.3 is 0 Å². The van der Waals surface area contributed by atoms with E-state index in [2.05, 4.69) is 31.4 Å². The number of nitrogens with one attached hydrogen (secondary N) is 2. The normalized spacial score (nSPS) is 15.1. The van der Waals surface area contributed by atoms with Gasteiger partial charge in [0.15, 0.2) is 6.10 Å². The summed E-state index contributed by atoms with van der Waals surface area (Å²) in [5, 5.41) is 5.67. The maximum Gasteiger partial charge on any atom is 0.268 e. The van der Waals surface area contributed by atoms with Gasteiger partial charge < -0.3 is 15.4 Å². The van der Waals surface area contributed by atoms with Crippen molar-refractivity contribution in [2.24, 2.45) is 0 Å². The van der Waals surface area contributed by atoms with Crippen molar-refractivity contribution >= 4 is 34.8 Å². The highest BCUT2D eigenvalue weighted by Crippen LogP contribution is 2.36. The van der Waals surface area contributed by atoms with Gasteiger partial charge in [-0.3, -0.25) is 19.3 Å². The second-order valence-electron chi connectivity index (χ2n) is 9.56. The van der Waals surface area contributed by atoms with E-state index in [4.69, 9.17) is 4.74 Å². The molecule has 0 fully saturated rings. The molecule has 4 rings (SSSR count). The molecule has 0 radical (unpaired) electrons. The molecule has 7 nitrogen and oxygen atoms in total. The summed E-state index contributed by atoms with van der Waals surface area (Å²) in [6.07, 6.45) is -0.728. The minimum atomic E-state index is -0.728. The molecule has 0 aliphatic carbocycles. The van der Waals surface area contributed by atoms with Crippen LogP contribution in [0.5, 0.6) is 5.75 Å². The van der Waals surface area contributed by atoms with E-state index in [-0.39, 0.29) is 29.7 Å². The number of carbonyl (C=O) groups is 3. The summed E-state index contributed by atoms with van der Waals surface area (Å²) in [6.45, 7) is 7.81. The maximum absolute atomic E-state index is 12.9. The van der Waals surface area contributed by atoms with Crippen LogP contribution in [-0.2, 0) is 15.0 Å². The van der Waals surface area contributed by atoms with Crippen LogP contribution in [0.3, 0.4) is 0 Å². The molecule has 1 heterocycles. The SMILES string of the molecule is CC1Oc2ccc(NC(=O)c3ccc(C(C)(C)C)cc3)cc2N(CC(=O)Nc2ccccc2)C1=O. The Morgan fingerprint density at radius 2 is 1.60 bits per heavy atom. The van der Waals surface area contributed by atoms with Crippen molar-refractivity contribution in [1.82, 2.24) is 0 Å². The molecule has 2 N–H and O–H groups in total. The third-order valence-electron chi connectivity index (χ3n) is 5.80. The van der Waals surface area contributed by atoms with Crippen LogP contribution < -0.4 is 20.3 Å². The summed E-state index contributed by atoms with van der Waals surface area (Å²) in [7, 11) is 0. The van der Waals surface area contributed by atoms with Gasteiger partial charge in [0.1, 0.15) is 12.3 Å². The number of nitrogens with zero attached hydrogens (tertiary/aromatic N) is 1. The van der Waals surface area contributed by atoms with Crippen molar-refractivity contribution in [2.45, 2.75) is 39.2 Å². The Morgan fingerprint density at radius 3 is 2.26 bits per heavy atom. The predicted octanol–water partition coefficient (Wildman–Crippen LogP) is 4.99. The van der Waals surface area contributed by atoms with Gasteiger partial charge in [0, 0.05) is 16.9 Å². The molecule has 7 heteroatoms. The Hall–Kier alpha value is -4.13. The van der Waals surface area contributed by atoms with E-state index >= 15 is 0 Å². The molecule has 1 unspecified atom stereocenters. The molecule has 35 heavy (non-hydrogen) atoms. The quantitative estimate of drug-likeness (QED) is 0.549. The van der Waals surface area contributed by atoms with E-state index in [9.17, 15) is 14.4 Å². The third kappa shape index (κ3) is 5.51. The molecule has 3 aromatic carbocycles. The first kappa shape index (κ1) is 24.0. The summed E-state index contributed by atoms with van der Waals surface area (Å²) in [4.78, 5) is 39.8. The zero-order chi connectivity index (χ0) is 25.2. The highest BCUT2D eigenvalue weighted by Gasteiger charge is 2.33. The maximum atomic E-state index is 12.9. The monoisotopic (exact) mass is 471 g/mol. The lowest BCUT2D eigenvalue weighted by atomic mass is 9.87. The molecule has 3 aromatic rings. The first-order chi connectivity index (χ1) is 16.6. The standard InChI is InChI=1S/C28H29N3O4/c1-18-27(34)31(17-25(32)29-21-8-6-5-7-9-21)23-16-22(14-15-24(23)35-18)30-26(33)19-10-12-20(13-11-19)28(2,3)4/h5-16,18H,17H2,1-4H3,(H,29,32)(H,30,33). The number of benzene rings is 3. The van der Waals surface area contributed by atoms with Crippen LogP contribution in [0, 0.1) is 0 Å². The lowest BCUT2D eigenvalue weighted by Gasteiger charge is -2.33. The zero-order valence-corrected chi connectivity index (χ0v) is 20.3. The Kier molecular flexibility index (Phi) is 6.60. The van der Waals surface area contributed by atoms with E-state index in [1.165, 1.54) is 4.90 Å². The number of rotatable bonds is 5. The van der Waals surface area contributed by atoms with Crippen LogP contribution in [0.25, 0.3) is 0 Å². The molecule has 0 saturated carbocycles. The molecule has 1 aliphatic rings. The number of hydrogen-bond donors (Lipinski definition) is 2. The highest BCUT2D eigenvalue weighted by atomic mass is 16.5.